The van der Waals surface area contributed by atoms with Crippen molar-refractivity contribution in [2.75, 3.05) is 5.73 Å². The van der Waals surface area contributed by atoms with E-state index in [0.29, 0.717) is 5.69 Å². The van der Waals surface area contributed by atoms with Gasteiger partial charge in [-0.25, -0.2) is 0 Å². The second kappa shape index (κ2) is 4.33. The molecule has 1 aromatic heterocycles. The average molecular weight is 203 g/mol. The summed E-state index contributed by atoms with van der Waals surface area (Å²) in [6.07, 6.45) is 2.75. The number of anilines is 1. The Morgan fingerprint density at radius 2 is 2.21 bits per heavy atom. The standard InChI is InChI=1S/C8H11N3O2.Na/c9-7-6(8(12)13)5-3-1-2-4-11(5)10-7;/h1-4H2,(H2,9,10)(H,12,13);/q;+1/p-1. The van der Waals surface area contributed by atoms with Crippen molar-refractivity contribution in [2.45, 2.75) is 25.8 Å². The van der Waals surface area contributed by atoms with Crippen molar-refractivity contribution in [2.24, 2.45) is 0 Å². The molecule has 0 spiro atoms. The number of fused-ring (bicyclic) bond motifs is 1. The molecule has 0 saturated heterocycles. The van der Waals surface area contributed by atoms with Crippen LogP contribution < -0.4 is 40.4 Å². The van der Waals surface area contributed by atoms with Crippen LogP contribution in [-0.2, 0) is 13.0 Å². The quantitative estimate of drug-likeness (QED) is 0.474. The van der Waals surface area contributed by atoms with E-state index in [-0.39, 0.29) is 40.9 Å². The topological polar surface area (TPSA) is 84.0 Å². The van der Waals surface area contributed by atoms with Crippen LogP contribution in [0.15, 0.2) is 0 Å². The number of nitrogens with two attached hydrogens (primary N) is 1. The van der Waals surface area contributed by atoms with Crippen molar-refractivity contribution < 1.29 is 39.5 Å². The summed E-state index contributed by atoms with van der Waals surface area (Å²) < 4.78 is 1.67. The van der Waals surface area contributed by atoms with Gasteiger partial charge < -0.3 is 15.6 Å². The normalized spacial score (nSPS) is 14.3. The number of aryl methyl sites for hydroxylation is 1. The Hall–Kier alpha value is -0.520. The molecule has 0 radical (unpaired) electrons. The first-order valence-electron chi connectivity index (χ1n) is 4.26. The molecule has 0 atom stereocenters. The summed E-state index contributed by atoms with van der Waals surface area (Å²) in [5.74, 6) is -1.14. The predicted molar refractivity (Wildman–Crippen MR) is 43.9 cm³/mol. The van der Waals surface area contributed by atoms with Crippen molar-refractivity contribution >= 4 is 11.8 Å². The van der Waals surface area contributed by atoms with Gasteiger partial charge in [-0.3, -0.25) is 4.68 Å². The number of carbonyl (C=O) groups is 1. The first-order valence-corrected chi connectivity index (χ1v) is 4.26. The fraction of sp³-hybridized carbons (Fsp3) is 0.500. The number of nitrogen functional groups attached to an aromatic ring is 1. The Kier molecular flexibility index (Phi) is 3.58. The van der Waals surface area contributed by atoms with Gasteiger partial charge in [-0.05, 0) is 19.3 Å². The summed E-state index contributed by atoms with van der Waals surface area (Å²) in [5.41, 5.74) is 6.26. The number of rotatable bonds is 1. The van der Waals surface area contributed by atoms with Gasteiger partial charge in [-0.2, -0.15) is 5.10 Å². The number of hydrogen-bond donors (Lipinski definition) is 1. The molecule has 5 nitrogen and oxygen atoms in total. The van der Waals surface area contributed by atoms with Gasteiger partial charge in [-0.1, -0.05) is 0 Å². The first-order chi connectivity index (χ1) is 6.20. The third kappa shape index (κ3) is 1.80. The minimum atomic E-state index is -1.22. The van der Waals surface area contributed by atoms with E-state index in [0.717, 1.165) is 25.8 Å². The van der Waals surface area contributed by atoms with E-state index in [1.165, 1.54) is 0 Å². The van der Waals surface area contributed by atoms with Gasteiger partial charge in [0.2, 0.25) is 0 Å². The van der Waals surface area contributed by atoms with Crippen LogP contribution in [-0.4, -0.2) is 15.7 Å². The van der Waals surface area contributed by atoms with E-state index in [2.05, 4.69) is 5.10 Å². The van der Waals surface area contributed by atoms with Crippen LogP contribution >= 0.6 is 0 Å². The van der Waals surface area contributed by atoms with E-state index >= 15 is 0 Å². The number of carboxylic acid groups (broad SMARTS) is 1. The van der Waals surface area contributed by atoms with Crippen LogP contribution in [0.25, 0.3) is 0 Å². The Morgan fingerprint density at radius 1 is 1.50 bits per heavy atom. The van der Waals surface area contributed by atoms with Crippen LogP contribution in [0.4, 0.5) is 5.82 Å². The molecule has 0 saturated carbocycles. The van der Waals surface area contributed by atoms with Gasteiger partial charge in [-0.15, -0.1) is 0 Å². The largest absolute Gasteiger partial charge is 1.00 e. The molecule has 0 amide bonds. The van der Waals surface area contributed by atoms with E-state index in [1.54, 1.807) is 4.68 Å². The third-order valence-electron chi connectivity index (χ3n) is 2.32. The number of nitrogens with zero attached hydrogens (tertiary/aromatic N) is 2. The zero-order chi connectivity index (χ0) is 9.42. The van der Waals surface area contributed by atoms with Crippen molar-refractivity contribution in [3.8, 4) is 0 Å². The summed E-state index contributed by atoms with van der Waals surface area (Å²) in [7, 11) is 0. The zero-order valence-electron chi connectivity index (χ0n) is 8.12. The Bertz CT molecular complexity index is 362. The molecular formula is C8H10N3NaO2. The maximum Gasteiger partial charge on any atom is 1.00 e. The first kappa shape index (κ1) is 11.6. The summed E-state index contributed by atoms with van der Waals surface area (Å²) >= 11 is 0. The molecule has 2 N–H and O–H groups in total. The van der Waals surface area contributed by atoms with Gasteiger partial charge in [0.1, 0.15) is 0 Å². The number of aromatic carboxylic acids is 1. The summed E-state index contributed by atoms with van der Waals surface area (Å²) in [5, 5.41) is 14.7. The molecule has 6 heteroatoms. The summed E-state index contributed by atoms with van der Waals surface area (Å²) in [4.78, 5) is 10.7. The molecule has 70 valence electrons. The Morgan fingerprint density at radius 3 is 2.86 bits per heavy atom. The molecular weight excluding hydrogens is 193 g/mol. The molecule has 0 aromatic carbocycles. The average Bonchev–Trinajstić information content (AvgIpc) is 2.39. The van der Waals surface area contributed by atoms with Gasteiger partial charge in [0, 0.05) is 12.2 Å². The van der Waals surface area contributed by atoms with Crippen LogP contribution in [0.5, 0.6) is 0 Å². The maximum atomic E-state index is 10.7. The van der Waals surface area contributed by atoms with E-state index in [1.807, 2.05) is 0 Å². The molecule has 0 aliphatic carbocycles. The summed E-state index contributed by atoms with van der Waals surface area (Å²) in [6.45, 7) is 0.757. The smallest absolute Gasteiger partial charge is 0.545 e. The van der Waals surface area contributed by atoms with Gasteiger partial charge in [0.05, 0.1) is 11.5 Å². The Labute approximate surface area is 104 Å². The molecule has 1 aliphatic heterocycles. The second-order valence-corrected chi connectivity index (χ2v) is 3.17. The number of hydrogen-bond acceptors (Lipinski definition) is 4. The Balaban J connectivity index is 0.000000980. The molecule has 2 heterocycles. The van der Waals surface area contributed by atoms with Gasteiger partial charge in [0.25, 0.3) is 0 Å². The molecule has 0 unspecified atom stereocenters. The minimum Gasteiger partial charge on any atom is -0.545 e. The fourth-order valence-corrected chi connectivity index (χ4v) is 1.73. The van der Waals surface area contributed by atoms with Crippen molar-refractivity contribution in [3.05, 3.63) is 11.3 Å². The second-order valence-electron chi connectivity index (χ2n) is 3.17. The van der Waals surface area contributed by atoms with Crippen LogP contribution in [0.2, 0.25) is 0 Å². The number of carboxylic acids is 1. The van der Waals surface area contributed by atoms with E-state index < -0.39 is 5.97 Å². The monoisotopic (exact) mass is 203 g/mol. The number of carbonyl (C=O) groups excluding carboxylic acids is 1. The zero-order valence-corrected chi connectivity index (χ0v) is 10.1. The van der Waals surface area contributed by atoms with E-state index in [9.17, 15) is 9.90 Å². The molecule has 14 heavy (non-hydrogen) atoms. The van der Waals surface area contributed by atoms with E-state index in [4.69, 9.17) is 5.73 Å². The molecule has 0 bridgehead atoms. The van der Waals surface area contributed by atoms with Crippen molar-refractivity contribution in [1.82, 2.24) is 9.78 Å². The molecule has 2 rings (SSSR count). The maximum absolute atomic E-state index is 10.7. The number of aromatic nitrogens is 2. The van der Waals surface area contributed by atoms with Crippen LogP contribution in [0, 0.1) is 0 Å². The third-order valence-corrected chi connectivity index (χ3v) is 2.32. The van der Waals surface area contributed by atoms with Crippen LogP contribution in [0.1, 0.15) is 28.9 Å². The SMILES string of the molecule is Nc1nn2c(c1C(=O)[O-])CCCC2.[Na+]. The van der Waals surface area contributed by atoms with Gasteiger partial charge >= 0.3 is 29.6 Å². The molecule has 0 fully saturated rings. The molecule has 1 aliphatic rings. The van der Waals surface area contributed by atoms with Gasteiger partial charge in [0.15, 0.2) is 5.82 Å². The van der Waals surface area contributed by atoms with Crippen molar-refractivity contribution in [1.29, 1.82) is 0 Å². The summed E-state index contributed by atoms with van der Waals surface area (Å²) in [6, 6.07) is 0. The fourth-order valence-electron chi connectivity index (χ4n) is 1.73. The predicted octanol–water partition coefficient (Wildman–Crippen LogP) is -3.83. The van der Waals surface area contributed by atoms with Crippen LogP contribution in [0.3, 0.4) is 0 Å². The van der Waals surface area contributed by atoms with Crippen molar-refractivity contribution in [3.63, 3.8) is 0 Å². The molecule has 1 aromatic rings. The minimum absolute atomic E-state index is 0.